The van der Waals surface area contributed by atoms with Crippen LogP contribution in [0.25, 0.3) is 0 Å². The smallest absolute Gasteiger partial charge is 0.435 e. The van der Waals surface area contributed by atoms with Crippen molar-refractivity contribution in [3.05, 3.63) is 12.3 Å². The summed E-state index contributed by atoms with van der Waals surface area (Å²) in [6.45, 7) is 5.31. The van der Waals surface area contributed by atoms with Gasteiger partial charge in [-0.3, -0.25) is 0 Å². The molecule has 1 aromatic rings. The highest BCUT2D eigenvalue weighted by atomic mass is 16.6. The summed E-state index contributed by atoms with van der Waals surface area (Å²) in [4.78, 5) is 12.1. The Labute approximate surface area is 154 Å². The van der Waals surface area contributed by atoms with Gasteiger partial charge in [0.25, 0.3) is 0 Å². The number of hydrogen-bond acceptors (Lipinski definition) is 6. The molecule has 9 heteroatoms. The highest BCUT2D eigenvalue weighted by molar-refractivity contribution is 6.25. The Balaban J connectivity index is 1.48. The summed E-state index contributed by atoms with van der Waals surface area (Å²) >= 11 is 0. The van der Waals surface area contributed by atoms with Gasteiger partial charge in [0.15, 0.2) is 21.4 Å². The lowest BCUT2D eigenvalue weighted by Crippen LogP contribution is -2.61. The molecule has 3 aliphatic rings. The van der Waals surface area contributed by atoms with E-state index in [2.05, 4.69) is 5.10 Å². The summed E-state index contributed by atoms with van der Waals surface area (Å²) in [5.41, 5.74) is -3.43. The maximum absolute atomic E-state index is 12.1. The molecule has 3 saturated carbocycles. The zero-order valence-electron chi connectivity index (χ0n) is 16.1. The molecule has 26 heavy (non-hydrogen) atoms. The number of hydrogen-bond donors (Lipinski definition) is 2. The van der Waals surface area contributed by atoms with E-state index in [0.29, 0.717) is 0 Å². The Hall–Kier alpha value is -1.47. The largest absolute Gasteiger partial charge is 0.451 e. The summed E-state index contributed by atoms with van der Waals surface area (Å²) in [5.74, 6) is 0.113. The molecular formula is C17H26B2N2O5. The molecule has 2 N–H and O–H groups in total. The zero-order valence-corrected chi connectivity index (χ0v) is 16.1. The van der Waals surface area contributed by atoms with E-state index in [1.807, 2.05) is 0 Å². The van der Waals surface area contributed by atoms with Crippen LogP contribution in [-0.4, -0.2) is 58.6 Å². The van der Waals surface area contributed by atoms with Crippen molar-refractivity contribution in [3.8, 4) is 5.88 Å². The molecule has 2 unspecified atom stereocenters. The first-order valence-corrected chi connectivity index (χ1v) is 9.28. The first-order chi connectivity index (χ1) is 11.8. The van der Waals surface area contributed by atoms with Gasteiger partial charge in [0, 0.05) is 12.3 Å². The van der Waals surface area contributed by atoms with E-state index < -0.39 is 22.9 Å². The molecule has 0 bridgehead atoms. The SMILES string of the molecule is BC(O)(Oc1ccn(C(=O)OC(C)(C)C)n1)C(B)(O)C1C2(CC2)C12CC2. The fourth-order valence-corrected chi connectivity index (χ4v) is 5.00. The molecule has 2 atom stereocenters. The van der Waals surface area contributed by atoms with Crippen molar-refractivity contribution in [2.24, 2.45) is 16.7 Å². The third-order valence-electron chi connectivity index (χ3n) is 6.54. The van der Waals surface area contributed by atoms with Crippen molar-refractivity contribution >= 4 is 21.8 Å². The van der Waals surface area contributed by atoms with E-state index in [-0.39, 0.29) is 22.6 Å². The number of ether oxygens (including phenoxy) is 2. The number of aliphatic hydroxyl groups is 2. The molecule has 1 aromatic heterocycles. The van der Waals surface area contributed by atoms with Crippen LogP contribution in [0.3, 0.4) is 0 Å². The van der Waals surface area contributed by atoms with Crippen LogP contribution in [0.15, 0.2) is 12.3 Å². The predicted molar refractivity (Wildman–Crippen MR) is 98.3 cm³/mol. The third-order valence-corrected chi connectivity index (χ3v) is 6.54. The van der Waals surface area contributed by atoms with E-state index in [0.717, 1.165) is 30.4 Å². The van der Waals surface area contributed by atoms with Gasteiger partial charge in [-0.2, -0.15) is 4.68 Å². The number of aromatic nitrogens is 2. The Morgan fingerprint density at radius 2 is 1.77 bits per heavy atom. The Morgan fingerprint density at radius 3 is 2.23 bits per heavy atom. The van der Waals surface area contributed by atoms with Gasteiger partial charge in [-0.1, -0.05) is 0 Å². The van der Waals surface area contributed by atoms with Gasteiger partial charge in [-0.25, -0.2) is 4.79 Å². The minimum absolute atomic E-state index is 0.0467. The van der Waals surface area contributed by atoms with Gasteiger partial charge in [-0.05, 0) is 63.2 Å². The zero-order chi connectivity index (χ0) is 19.2. The summed E-state index contributed by atoms with van der Waals surface area (Å²) in [7, 11) is 3.11. The number of nitrogens with zero attached hydrogens (tertiary/aromatic N) is 2. The monoisotopic (exact) mass is 360 g/mol. The van der Waals surface area contributed by atoms with Gasteiger partial charge >= 0.3 is 6.09 Å². The van der Waals surface area contributed by atoms with Crippen LogP contribution in [0, 0.1) is 16.7 Å². The molecule has 0 aliphatic heterocycles. The van der Waals surface area contributed by atoms with Crippen LogP contribution in [-0.2, 0) is 4.74 Å². The lowest BCUT2D eigenvalue weighted by atomic mass is 9.62. The second-order valence-corrected chi connectivity index (χ2v) is 9.56. The quantitative estimate of drug-likeness (QED) is 0.573. The van der Waals surface area contributed by atoms with Crippen molar-refractivity contribution in [1.82, 2.24) is 9.78 Å². The fourth-order valence-electron chi connectivity index (χ4n) is 5.00. The van der Waals surface area contributed by atoms with E-state index in [1.54, 1.807) is 28.6 Å². The van der Waals surface area contributed by atoms with E-state index in [1.165, 1.54) is 20.1 Å². The van der Waals surface area contributed by atoms with E-state index in [9.17, 15) is 15.0 Å². The molecule has 0 saturated heterocycles. The maximum atomic E-state index is 12.1. The first kappa shape index (κ1) is 17.9. The minimum Gasteiger partial charge on any atom is -0.451 e. The van der Waals surface area contributed by atoms with Crippen molar-refractivity contribution in [3.63, 3.8) is 0 Å². The highest BCUT2D eigenvalue weighted by Gasteiger charge is 2.90. The van der Waals surface area contributed by atoms with Gasteiger partial charge in [0.2, 0.25) is 5.88 Å². The Bertz CT molecular complexity index is 741. The summed E-state index contributed by atoms with van der Waals surface area (Å²) in [6.07, 6.45) is 5.27. The van der Waals surface area contributed by atoms with Gasteiger partial charge in [0.05, 0.1) is 5.50 Å². The lowest BCUT2D eigenvalue weighted by molar-refractivity contribution is -0.177. The lowest BCUT2D eigenvalue weighted by Gasteiger charge is -2.39. The predicted octanol–water partition coefficient (Wildman–Crippen LogP) is -0.164. The van der Waals surface area contributed by atoms with Crippen molar-refractivity contribution in [2.75, 3.05) is 0 Å². The fraction of sp³-hybridized carbons (Fsp3) is 0.765. The molecule has 1 heterocycles. The Morgan fingerprint density at radius 1 is 1.23 bits per heavy atom. The van der Waals surface area contributed by atoms with E-state index in [4.69, 9.17) is 9.47 Å². The van der Waals surface area contributed by atoms with Gasteiger partial charge in [-0.15, -0.1) is 5.10 Å². The maximum Gasteiger partial charge on any atom is 0.435 e. The van der Waals surface area contributed by atoms with Crippen LogP contribution >= 0.6 is 0 Å². The molecule has 140 valence electrons. The summed E-state index contributed by atoms with van der Waals surface area (Å²) < 4.78 is 11.9. The van der Waals surface area contributed by atoms with Gasteiger partial charge in [0.1, 0.15) is 5.60 Å². The van der Waals surface area contributed by atoms with Crippen molar-refractivity contribution in [2.45, 2.75) is 63.2 Å². The second-order valence-electron chi connectivity index (χ2n) is 9.56. The molecule has 7 nitrogen and oxygen atoms in total. The first-order valence-electron chi connectivity index (χ1n) is 9.28. The van der Waals surface area contributed by atoms with Gasteiger partial charge < -0.3 is 19.7 Å². The number of rotatable bonds is 4. The summed E-state index contributed by atoms with van der Waals surface area (Å²) in [5, 5.41) is 26.1. The normalized spacial score (nSPS) is 26.8. The minimum atomic E-state index is -1.81. The number of carbonyl (C=O) groups is 1. The van der Waals surface area contributed by atoms with E-state index >= 15 is 0 Å². The average Bonchev–Trinajstić information content (AvgIpc) is 3.42. The molecule has 0 amide bonds. The van der Waals surface area contributed by atoms with Crippen LogP contribution in [0.5, 0.6) is 5.88 Å². The van der Waals surface area contributed by atoms with Crippen molar-refractivity contribution < 1.29 is 24.5 Å². The highest BCUT2D eigenvalue weighted by Crippen LogP contribution is 2.94. The van der Waals surface area contributed by atoms with Crippen molar-refractivity contribution in [1.29, 1.82) is 0 Å². The second kappa shape index (κ2) is 4.87. The van der Waals surface area contributed by atoms with Crippen LogP contribution in [0.4, 0.5) is 4.79 Å². The molecule has 4 rings (SSSR count). The molecular weight excluding hydrogens is 334 g/mol. The topological polar surface area (TPSA) is 93.8 Å². The standard InChI is InChI=1S/C17H26B2N2O5/c1-13(2,3)26-12(22)21-9-4-10(20-21)25-17(19,24)16(18,23)11-14(5-6-14)15(11)7-8-15/h4,9,11,23-24H,5-8,18-19H2,1-3H3. The molecule has 2 spiro atoms. The summed E-state index contributed by atoms with van der Waals surface area (Å²) in [6, 6.07) is 1.47. The molecule has 3 fully saturated rings. The average molecular weight is 360 g/mol. The number of fused-ring (bicyclic) bond motifs is 1. The Kier molecular flexibility index (Phi) is 3.36. The van der Waals surface area contributed by atoms with Crippen LogP contribution in [0.1, 0.15) is 46.5 Å². The van der Waals surface area contributed by atoms with Crippen LogP contribution < -0.4 is 4.74 Å². The molecule has 3 aliphatic carbocycles. The molecule has 0 radical (unpaired) electrons. The third kappa shape index (κ3) is 2.43. The number of carbonyl (C=O) groups excluding carboxylic acids is 1. The molecule has 0 aromatic carbocycles. The van der Waals surface area contributed by atoms with Crippen LogP contribution in [0.2, 0.25) is 0 Å².